The first-order valence-electron chi connectivity index (χ1n) is 7.53. The van der Waals surface area contributed by atoms with Crippen LogP contribution in [0.1, 0.15) is 33.6 Å². The summed E-state index contributed by atoms with van der Waals surface area (Å²) < 4.78 is 5.09. The van der Waals surface area contributed by atoms with E-state index in [1.807, 2.05) is 0 Å². The fraction of sp³-hybridized carbons (Fsp3) is 0.500. The van der Waals surface area contributed by atoms with Gasteiger partial charge in [0.05, 0.1) is 5.69 Å². The van der Waals surface area contributed by atoms with Gasteiger partial charge in [-0.25, -0.2) is 4.79 Å². The number of rotatable bonds is 3. The first kappa shape index (κ1) is 17.1. The van der Waals surface area contributed by atoms with Crippen LogP contribution < -0.4 is 5.32 Å². The second-order valence-electron chi connectivity index (χ2n) is 6.36. The minimum absolute atomic E-state index is 0.0153. The summed E-state index contributed by atoms with van der Waals surface area (Å²) in [5.41, 5.74) is -0.341. The number of ether oxygens (including phenoxy) is 1. The highest BCUT2D eigenvalue weighted by Gasteiger charge is 2.35. The normalized spacial score (nSPS) is 18.5. The summed E-state index contributed by atoms with van der Waals surface area (Å²) in [7, 11) is 0. The number of hydrogen-bond donors (Lipinski definition) is 2. The van der Waals surface area contributed by atoms with Crippen molar-refractivity contribution in [1.82, 2.24) is 5.06 Å². The van der Waals surface area contributed by atoms with Crippen LogP contribution >= 0.6 is 0 Å². The molecule has 1 heterocycles. The number of phenolic OH excluding ortho intramolecular Hbond substituents is 1. The predicted molar refractivity (Wildman–Crippen MR) is 83.8 cm³/mol. The van der Waals surface area contributed by atoms with Gasteiger partial charge in [-0.05, 0) is 45.7 Å². The van der Waals surface area contributed by atoms with Gasteiger partial charge in [0.15, 0.2) is 0 Å². The lowest BCUT2D eigenvalue weighted by Crippen LogP contribution is -2.41. The second kappa shape index (κ2) is 6.87. The maximum Gasteiger partial charge on any atom is 0.528 e. The van der Waals surface area contributed by atoms with E-state index in [1.165, 1.54) is 11.1 Å². The van der Waals surface area contributed by atoms with E-state index in [0.29, 0.717) is 18.7 Å². The van der Waals surface area contributed by atoms with Gasteiger partial charge < -0.3 is 20.0 Å². The number of nitrogens with one attached hydrogen (secondary N) is 1. The smallest absolute Gasteiger partial charge is 0.506 e. The molecule has 1 fully saturated rings. The van der Waals surface area contributed by atoms with Gasteiger partial charge in [-0.15, -0.1) is 5.06 Å². The highest BCUT2D eigenvalue weighted by molar-refractivity contribution is 5.96. The Bertz CT molecular complexity index is 582. The van der Waals surface area contributed by atoms with Gasteiger partial charge in [0.2, 0.25) is 5.91 Å². The van der Waals surface area contributed by atoms with E-state index in [1.54, 1.807) is 39.0 Å². The Morgan fingerprint density at radius 1 is 1.30 bits per heavy atom. The van der Waals surface area contributed by atoms with Gasteiger partial charge >= 0.3 is 6.16 Å². The quantitative estimate of drug-likeness (QED) is 0.657. The van der Waals surface area contributed by atoms with Crippen molar-refractivity contribution in [1.29, 1.82) is 0 Å². The molecule has 1 atom stereocenters. The number of anilines is 1. The summed E-state index contributed by atoms with van der Waals surface area (Å²) in [5.74, 6) is -0.356. The monoisotopic (exact) mass is 322 g/mol. The van der Waals surface area contributed by atoms with Crippen LogP contribution in [0.25, 0.3) is 0 Å². The number of aromatic hydroxyl groups is 1. The third kappa shape index (κ3) is 4.85. The van der Waals surface area contributed by atoms with Gasteiger partial charge in [0.1, 0.15) is 17.4 Å². The molecular weight excluding hydrogens is 300 g/mol. The summed E-state index contributed by atoms with van der Waals surface area (Å²) in [4.78, 5) is 29.2. The fourth-order valence-electron chi connectivity index (χ4n) is 2.27. The van der Waals surface area contributed by atoms with Crippen molar-refractivity contribution in [2.45, 2.75) is 45.3 Å². The molecule has 0 aromatic heterocycles. The van der Waals surface area contributed by atoms with Crippen molar-refractivity contribution in [2.75, 3.05) is 11.9 Å². The zero-order chi connectivity index (χ0) is 17.0. The molecule has 0 saturated carbocycles. The van der Waals surface area contributed by atoms with Crippen LogP contribution in [0.15, 0.2) is 24.3 Å². The van der Waals surface area contributed by atoms with E-state index in [-0.39, 0.29) is 11.7 Å². The highest BCUT2D eigenvalue weighted by Crippen LogP contribution is 2.25. The molecule has 1 unspecified atom stereocenters. The molecule has 2 rings (SSSR count). The van der Waals surface area contributed by atoms with Crippen LogP contribution in [-0.4, -0.2) is 40.4 Å². The Morgan fingerprint density at radius 2 is 2.00 bits per heavy atom. The van der Waals surface area contributed by atoms with Crippen LogP contribution in [0.4, 0.5) is 10.5 Å². The maximum absolute atomic E-state index is 12.3. The van der Waals surface area contributed by atoms with Gasteiger partial charge in [0.25, 0.3) is 0 Å². The zero-order valence-corrected chi connectivity index (χ0v) is 13.5. The lowest BCUT2D eigenvalue weighted by molar-refractivity contribution is -0.159. The molecule has 0 spiro atoms. The first-order valence-corrected chi connectivity index (χ1v) is 7.53. The van der Waals surface area contributed by atoms with Crippen LogP contribution in [0.5, 0.6) is 5.75 Å². The summed E-state index contributed by atoms with van der Waals surface area (Å²) >= 11 is 0. The molecule has 1 aliphatic heterocycles. The maximum atomic E-state index is 12.3. The molecule has 1 saturated heterocycles. The van der Waals surface area contributed by atoms with E-state index < -0.39 is 17.8 Å². The number of hydrogen-bond acceptors (Lipinski definition) is 6. The van der Waals surface area contributed by atoms with E-state index in [9.17, 15) is 14.7 Å². The van der Waals surface area contributed by atoms with Crippen LogP contribution in [0.3, 0.4) is 0 Å². The first-order chi connectivity index (χ1) is 10.8. The van der Waals surface area contributed by atoms with E-state index in [2.05, 4.69) is 5.32 Å². The molecule has 2 N–H and O–H groups in total. The van der Waals surface area contributed by atoms with Crippen LogP contribution in [0.2, 0.25) is 0 Å². The number of phenols is 1. The Balaban J connectivity index is 1.97. The molecular formula is C16H22N2O5. The minimum Gasteiger partial charge on any atom is -0.506 e. The molecule has 0 bridgehead atoms. The van der Waals surface area contributed by atoms with Crippen molar-refractivity contribution in [3.8, 4) is 5.75 Å². The largest absolute Gasteiger partial charge is 0.528 e. The van der Waals surface area contributed by atoms with Crippen molar-refractivity contribution in [3.05, 3.63) is 24.3 Å². The Labute approximate surface area is 135 Å². The number of carbonyl (C=O) groups excluding carboxylic acids is 2. The predicted octanol–water partition coefficient (Wildman–Crippen LogP) is 2.66. The van der Waals surface area contributed by atoms with Gasteiger partial charge in [-0.3, -0.25) is 4.79 Å². The molecule has 0 aliphatic carbocycles. The molecule has 7 nitrogen and oxygen atoms in total. The molecule has 1 aromatic carbocycles. The highest BCUT2D eigenvalue weighted by atomic mass is 16.8. The third-order valence-electron chi connectivity index (χ3n) is 3.25. The fourth-order valence-corrected chi connectivity index (χ4v) is 2.27. The van der Waals surface area contributed by atoms with Gasteiger partial charge in [0, 0.05) is 6.54 Å². The lowest BCUT2D eigenvalue weighted by Gasteiger charge is -2.25. The number of hydroxylamine groups is 2. The van der Waals surface area contributed by atoms with Gasteiger partial charge in [-0.2, -0.15) is 0 Å². The summed E-state index contributed by atoms with van der Waals surface area (Å²) in [6.07, 6.45) is 0.448. The molecule has 23 heavy (non-hydrogen) atoms. The Morgan fingerprint density at radius 3 is 2.65 bits per heavy atom. The molecule has 7 heteroatoms. The van der Waals surface area contributed by atoms with Crippen molar-refractivity contribution in [3.63, 3.8) is 0 Å². The van der Waals surface area contributed by atoms with Crippen molar-refractivity contribution >= 4 is 17.7 Å². The lowest BCUT2D eigenvalue weighted by atomic mass is 10.2. The topological polar surface area (TPSA) is 88.1 Å². The SMILES string of the molecule is CC(C)(C)OC(=O)ON1CCCC1C(=O)Nc1ccccc1O. The number of para-hydroxylation sites is 2. The minimum atomic E-state index is -0.834. The molecule has 0 radical (unpaired) electrons. The van der Waals surface area contributed by atoms with E-state index in [4.69, 9.17) is 9.57 Å². The zero-order valence-electron chi connectivity index (χ0n) is 13.5. The van der Waals surface area contributed by atoms with Crippen LogP contribution in [-0.2, 0) is 14.4 Å². The standard InChI is InChI=1S/C16H22N2O5/c1-16(2,3)22-15(21)23-18-10-6-8-12(18)14(20)17-11-7-4-5-9-13(11)19/h4-5,7,9,12,19H,6,8,10H2,1-3H3,(H,17,20). The Hall–Kier alpha value is -2.28. The van der Waals surface area contributed by atoms with Crippen molar-refractivity contribution < 1.29 is 24.3 Å². The molecule has 1 amide bonds. The summed E-state index contributed by atoms with van der Waals surface area (Å²) in [6, 6.07) is 5.85. The van der Waals surface area contributed by atoms with Crippen LogP contribution in [0, 0.1) is 0 Å². The van der Waals surface area contributed by atoms with Gasteiger partial charge in [-0.1, -0.05) is 12.1 Å². The average Bonchev–Trinajstić information content (AvgIpc) is 2.87. The summed E-state index contributed by atoms with van der Waals surface area (Å²) in [5, 5.41) is 13.7. The Kier molecular flexibility index (Phi) is 5.10. The molecule has 1 aliphatic rings. The van der Waals surface area contributed by atoms with Crippen molar-refractivity contribution in [2.24, 2.45) is 0 Å². The van der Waals surface area contributed by atoms with E-state index >= 15 is 0 Å². The number of nitrogens with zero attached hydrogens (tertiary/aromatic N) is 1. The number of amides is 1. The molecule has 1 aromatic rings. The number of benzene rings is 1. The second-order valence-corrected chi connectivity index (χ2v) is 6.36. The van der Waals surface area contributed by atoms with E-state index in [0.717, 1.165) is 6.42 Å². The average molecular weight is 322 g/mol. The third-order valence-corrected chi connectivity index (χ3v) is 3.25. The summed E-state index contributed by atoms with van der Waals surface area (Å²) in [6.45, 7) is 5.67. The molecule has 126 valence electrons. The number of carbonyl (C=O) groups is 2.